The van der Waals surface area contributed by atoms with Crippen molar-refractivity contribution in [3.8, 4) is 5.19 Å². The fourth-order valence-electron chi connectivity index (χ4n) is 2.41. The molecule has 0 saturated heterocycles. The second-order valence-corrected chi connectivity index (χ2v) is 7.78. The van der Waals surface area contributed by atoms with Gasteiger partial charge in [-0.15, -0.1) is 5.10 Å². The minimum Gasteiger partial charge on any atom is -0.472 e. The van der Waals surface area contributed by atoms with E-state index in [1.54, 1.807) is 0 Å². The first-order valence-electron chi connectivity index (χ1n) is 6.94. The predicted octanol–water partition coefficient (Wildman–Crippen LogP) is 1.75. The van der Waals surface area contributed by atoms with Crippen molar-refractivity contribution in [3.05, 3.63) is 0 Å². The standard InChI is InChI=1S/C12H20N4O3S2/c1-3-21(18)9-6-4-5-8(7-9)13-10(17)14-11-15-16-12(19-2)20-11/h8-9H,3-7H2,1-2H3,(H2,13,14,15,17). The molecule has 2 rings (SSSR count). The number of anilines is 1. The molecule has 1 aliphatic carbocycles. The molecule has 7 nitrogen and oxygen atoms in total. The molecule has 21 heavy (non-hydrogen) atoms. The molecular formula is C12H20N4O3S2. The van der Waals surface area contributed by atoms with E-state index in [4.69, 9.17) is 4.74 Å². The molecular weight excluding hydrogens is 312 g/mol. The molecule has 1 aliphatic rings. The maximum atomic E-state index is 11.9. The molecule has 3 unspecified atom stereocenters. The molecule has 1 heterocycles. The van der Waals surface area contributed by atoms with Crippen LogP contribution < -0.4 is 15.4 Å². The van der Waals surface area contributed by atoms with Crippen molar-refractivity contribution < 1.29 is 13.7 Å². The summed E-state index contributed by atoms with van der Waals surface area (Å²) in [4.78, 5) is 11.9. The monoisotopic (exact) mass is 332 g/mol. The lowest BCUT2D eigenvalue weighted by molar-refractivity contribution is 0.244. The Balaban J connectivity index is 1.83. The van der Waals surface area contributed by atoms with E-state index in [2.05, 4.69) is 20.8 Å². The first-order chi connectivity index (χ1) is 10.1. The molecule has 2 amide bonds. The zero-order valence-electron chi connectivity index (χ0n) is 12.1. The van der Waals surface area contributed by atoms with Crippen molar-refractivity contribution in [2.45, 2.75) is 43.9 Å². The number of carbonyl (C=O) groups excluding carboxylic acids is 1. The summed E-state index contributed by atoms with van der Waals surface area (Å²) in [6.45, 7) is 1.93. The summed E-state index contributed by atoms with van der Waals surface area (Å²) in [7, 11) is 0.707. The van der Waals surface area contributed by atoms with E-state index in [1.807, 2.05) is 6.92 Å². The first-order valence-corrected chi connectivity index (χ1v) is 9.14. The van der Waals surface area contributed by atoms with E-state index in [1.165, 1.54) is 18.4 Å². The molecule has 0 aromatic carbocycles. The number of amides is 2. The predicted molar refractivity (Wildman–Crippen MR) is 83.3 cm³/mol. The highest BCUT2D eigenvalue weighted by atomic mass is 32.2. The molecule has 2 N–H and O–H groups in total. The van der Waals surface area contributed by atoms with Gasteiger partial charge in [-0.25, -0.2) is 4.79 Å². The van der Waals surface area contributed by atoms with E-state index < -0.39 is 10.8 Å². The van der Waals surface area contributed by atoms with Crippen LogP contribution in [-0.4, -0.2) is 44.6 Å². The maximum absolute atomic E-state index is 11.9. The van der Waals surface area contributed by atoms with Gasteiger partial charge >= 0.3 is 6.03 Å². The zero-order valence-corrected chi connectivity index (χ0v) is 13.8. The Morgan fingerprint density at radius 3 is 2.95 bits per heavy atom. The van der Waals surface area contributed by atoms with Crippen molar-refractivity contribution in [3.63, 3.8) is 0 Å². The highest BCUT2D eigenvalue weighted by Gasteiger charge is 2.26. The van der Waals surface area contributed by atoms with Gasteiger partial charge in [-0.2, -0.15) is 0 Å². The SMILES string of the molecule is CCS(=O)C1CCCC(NC(=O)Nc2nnc(OC)s2)C1. The quantitative estimate of drug-likeness (QED) is 0.857. The molecule has 1 aromatic heterocycles. The topological polar surface area (TPSA) is 93.2 Å². The summed E-state index contributed by atoms with van der Waals surface area (Å²) < 4.78 is 16.8. The third-order valence-electron chi connectivity index (χ3n) is 3.42. The number of nitrogens with zero attached hydrogens (tertiary/aromatic N) is 2. The smallest absolute Gasteiger partial charge is 0.321 e. The van der Waals surface area contributed by atoms with Gasteiger partial charge < -0.3 is 10.1 Å². The number of hydrogen-bond donors (Lipinski definition) is 2. The molecule has 0 bridgehead atoms. The Kier molecular flexibility index (Phi) is 5.92. The van der Waals surface area contributed by atoms with Crippen LogP contribution in [0.1, 0.15) is 32.6 Å². The Hall–Kier alpha value is -1.22. The van der Waals surface area contributed by atoms with E-state index in [9.17, 15) is 9.00 Å². The first kappa shape index (κ1) is 16.2. The van der Waals surface area contributed by atoms with Gasteiger partial charge in [0.2, 0.25) is 5.13 Å². The van der Waals surface area contributed by atoms with Crippen LogP contribution in [0.2, 0.25) is 0 Å². The third kappa shape index (κ3) is 4.63. The molecule has 1 saturated carbocycles. The van der Waals surface area contributed by atoms with Crippen molar-refractivity contribution in [1.29, 1.82) is 0 Å². The summed E-state index contributed by atoms with van der Waals surface area (Å²) in [5, 5.41) is 14.1. The van der Waals surface area contributed by atoms with Gasteiger partial charge in [-0.3, -0.25) is 9.53 Å². The number of carbonyl (C=O) groups is 1. The minimum absolute atomic E-state index is 0.0640. The number of hydrogen-bond acceptors (Lipinski definition) is 6. The van der Waals surface area contributed by atoms with E-state index in [0.29, 0.717) is 16.1 Å². The van der Waals surface area contributed by atoms with Crippen LogP contribution in [0, 0.1) is 0 Å². The lowest BCUT2D eigenvalue weighted by Crippen LogP contribution is -2.42. The van der Waals surface area contributed by atoms with Gasteiger partial charge in [0, 0.05) is 27.8 Å². The van der Waals surface area contributed by atoms with Crippen molar-refractivity contribution in [2.75, 3.05) is 18.2 Å². The van der Waals surface area contributed by atoms with Gasteiger partial charge in [0.05, 0.1) is 7.11 Å². The Morgan fingerprint density at radius 2 is 2.29 bits per heavy atom. The number of ether oxygens (including phenoxy) is 1. The maximum Gasteiger partial charge on any atom is 0.321 e. The third-order valence-corrected chi connectivity index (χ3v) is 5.96. The second kappa shape index (κ2) is 7.69. The number of rotatable bonds is 5. The largest absolute Gasteiger partial charge is 0.472 e. The van der Waals surface area contributed by atoms with Crippen molar-refractivity contribution in [2.24, 2.45) is 0 Å². The Morgan fingerprint density at radius 1 is 1.48 bits per heavy atom. The number of aromatic nitrogens is 2. The lowest BCUT2D eigenvalue weighted by atomic mass is 9.95. The van der Waals surface area contributed by atoms with E-state index >= 15 is 0 Å². The fourth-order valence-corrected chi connectivity index (χ4v) is 4.32. The van der Waals surface area contributed by atoms with Crippen LogP contribution in [0.3, 0.4) is 0 Å². The minimum atomic E-state index is -0.793. The van der Waals surface area contributed by atoms with Gasteiger partial charge in [0.1, 0.15) is 0 Å². The molecule has 0 spiro atoms. The average Bonchev–Trinajstić information content (AvgIpc) is 2.94. The Bertz CT molecular complexity index is 508. The molecule has 1 fully saturated rings. The zero-order chi connectivity index (χ0) is 15.2. The lowest BCUT2D eigenvalue weighted by Gasteiger charge is -2.28. The molecule has 1 aromatic rings. The van der Waals surface area contributed by atoms with E-state index in [0.717, 1.165) is 25.7 Å². The van der Waals surface area contributed by atoms with Crippen LogP contribution in [0.4, 0.5) is 9.93 Å². The number of nitrogens with one attached hydrogen (secondary N) is 2. The van der Waals surface area contributed by atoms with E-state index in [-0.39, 0.29) is 17.3 Å². The highest BCUT2D eigenvalue weighted by molar-refractivity contribution is 7.85. The van der Waals surface area contributed by atoms with Crippen LogP contribution in [-0.2, 0) is 10.8 Å². The highest BCUT2D eigenvalue weighted by Crippen LogP contribution is 2.24. The van der Waals surface area contributed by atoms with Gasteiger partial charge in [-0.1, -0.05) is 18.4 Å². The summed E-state index contributed by atoms with van der Waals surface area (Å²) >= 11 is 1.17. The molecule has 0 radical (unpaired) electrons. The average molecular weight is 332 g/mol. The summed E-state index contributed by atoms with van der Waals surface area (Å²) in [5.41, 5.74) is 0. The molecule has 3 atom stereocenters. The second-order valence-electron chi connectivity index (χ2n) is 4.83. The fraction of sp³-hybridized carbons (Fsp3) is 0.750. The van der Waals surface area contributed by atoms with Crippen molar-refractivity contribution in [1.82, 2.24) is 15.5 Å². The molecule has 0 aliphatic heterocycles. The van der Waals surface area contributed by atoms with Crippen molar-refractivity contribution >= 4 is 33.3 Å². The van der Waals surface area contributed by atoms with Gasteiger partial charge in [0.25, 0.3) is 5.19 Å². The van der Waals surface area contributed by atoms with Crippen LogP contribution in [0.25, 0.3) is 0 Å². The summed E-state index contributed by atoms with van der Waals surface area (Å²) in [6.07, 6.45) is 3.67. The Labute approximate surface area is 130 Å². The summed E-state index contributed by atoms with van der Waals surface area (Å²) in [5.74, 6) is 0.675. The van der Waals surface area contributed by atoms with Crippen LogP contribution in [0.15, 0.2) is 0 Å². The normalized spacial score (nSPS) is 23.3. The molecule has 118 valence electrons. The number of urea groups is 1. The molecule has 9 heteroatoms. The summed E-state index contributed by atoms with van der Waals surface area (Å²) in [6, 6.07) is -0.240. The van der Waals surface area contributed by atoms with Crippen LogP contribution >= 0.6 is 11.3 Å². The van der Waals surface area contributed by atoms with Crippen LogP contribution in [0.5, 0.6) is 5.19 Å². The van der Waals surface area contributed by atoms with Gasteiger partial charge in [0.15, 0.2) is 0 Å². The number of methoxy groups -OCH3 is 1. The van der Waals surface area contributed by atoms with Gasteiger partial charge in [-0.05, 0) is 30.6 Å².